The van der Waals surface area contributed by atoms with Crippen molar-refractivity contribution in [1.29, 1.82) is 0 Å². The van der Waals surface area contributed by atoms with Gasteiger partial charge in [-0.25, -0.2) is 9.37 Å². The van der Waals surface area contributed by atoms with Crippen LogP contribution in [-0.2, 0) is 6.54 Å². The van der Waals surface area contributed by atoms with Crippen molar-refractivity contribution < 1.29 is 9.31 Å². The first kappa shape index (κ1) is 14.7. The highest BCUT2D eigenvalue weighted by Crippen LogP contribution is 2.27. The summed E-state index contributed by atoms with van der Waals surface area (Å²) in [5, 5.41) is 13.9. The maximum absolute atomic E-state index is 12.9. The van der Waals surface area contributed by atoms with Crippen LogP contribution >= 0.6 is 0 Å². The average molecular weight is 290 g/mol. The quantitative estimate of drug-likeness (QED) is 0.677. The standard InChI is InChI=1S/C14H15FN4O2/c1-16-13-8-7-12(19(20)21)14(17-13)18(2)9-10-3-5-11(15)6-4-10/h3-8H,9H2,1-2H3,(H,16,17). The predicted molar refractivity (Wildman–Crippen MR) is 78.9 cm³/mol. The Morgan fingerprint density at radius 1 is 1.29 bits per heavy atom. The minimum Gasteiger partial charge on any atom is -0.373 e. The second-order valence-electron chi connectivity index (χ2n) is 4.53. The fraction of sp³-hybridized carbons (Fsp3) is 0.214. The van der Waals surface area contributed by atoms with Crippen LogP contribution in [0.1, 0.15) is 5.56 Å². The molecule has 110 valence electrons. The number of pyridine rings is 1. The number of hydrogen-bond acceptors (Lipinski definition) is 5. The molecule has 0 fully saturated rings. The van der Waals surface area contributed by atoms with Crippen LogP contribution in [-0.4, -0.2) is 24.0 Å². The summed E-state index contributed by atoms with van der Waals surface area (Å²) in [5.74, 6) is 0.487. The molecule has 2 aromatic rings. The number of nitrogens with zero attached hydrogens (tertiary/aromatic N) is 3. The minimum atomic E-state index is -0.469. The van der Waals surface area contributed by atoms with Crippen molar-refractivity contribution in [2.24, 2.45) is 0 Å². The van der Waals surface area contributed by atoms with E-state index < -0.39 is 4.92 Å². The molecule has 0 aliphatic carbocycles. The van der Waals surface area contributed by atoms with Crippen LogP contribution in [0.15, 0.2) is 36.4 Å². The first-order valence-electron chi connectivity index (χ1n) is 6.30. The Bertz CT molecular complexity index is 646. The van der Waals surface area contributed by atoms with Gasteiger partial charge in [0.05, 0.1) is 4.92 Å². The van der Waals surface area contributed by atoms with Gasteiger partial charge in [-0.15, -0.1) is 0 Å². The molecule has 0 aliphatic rings. The molecule has 0 atom stereocenters. The second kappa shape index (κ2) is 6.17. The van der Waals surface area contributed by atoms with Gasteiger partial charge in [0.25, 0.3) is 0 Å². The van der Waals surface area contributed by atoms with Crippen LogP contribution in [0.4, 0.5) is 21.7 Å². The van der Waals surface area contributed by atoms with Crippen LogP contribution in [0.3, 0.4) is 0 Å². The van der Waals surface area contributed by atoms with E-state index in [0.717, 1.165) is 5.56 Å². The molecule has 1 aromatic carbocycles. The predicted octanol–water partition coefficient (Wildman–Crippen LogP) is 2.81. The summed E-state index contributed by atoms with van der Waals surface area (Å²) < 4.78 is 12.9. The van der Waals surface area contributed by atoms with Crippen molar-refractivity contribution in [2.45, 2.75) is 6.54 Å². The van der Waals surface area contributed by atoms with Crippen molar-refractivity contribution >= 4 is 17.3 Å². The number of nitrogens with one attached hydrogen (secondary N) is 1. The summed E-state index contributed by atoms with van der Waals surface area (Å²) in [5.41, 5.74) is 0.767. The Balaban J connectivity index is 2.30. The number of rotatable bonds is 5. The average Bonchev–Trinajstić information content (AvgIpc) is 2.48. The van der Waals surface area contributed by atoms with Gasteiger partial charge in [0.1, 0.15) is 11.6 Å². The molecule has 0 saturated carbocycles. The Hall–Kier alpha value is -2.70. The third-order valence-corrected chi connectivity index (χ3v) is 3.00. The van der Waals surface area contributed by atoms with Gasteiger partial charge in [-0.2, -0.15) is 0 Å². The van der Waals surface area contributed by atoms with Crippen molar-refractivity contribution in [3.8, 4) is 0 Å². The van der Waals surface area contributed by atoms with E-state index in [1.54, 1.807) is 37.2 Å². The smallest absolute Gasteiger partial charge is 0.311 e. The molecule has 1 aromatic heterocycles. The number of anilines is 2. The normalized spacial score (nSPS) is 10.2. The highest BCUT2D eigenvalue weighted by Gasteiger charge is 2.19. The van der Waals surface area contributed by atoms with E-state index in [9.17, 15) is 14.5 Å². The van der Waals surface area contributed by atoms with E-state index in [4.69, 9.17) is 0 Å². The van der Waals surface area contributed by atoms with Gasteiger partial charge in [0, 0.05) is 26.7 Å². The Kier molecular flexibility index (Phi) is 4.32. The molecule has 0 unspecified atom stereocenters. The van der Waals surface area contributed by atoms with Gasteiger partial charge in [-0.3, -0.25) is 10.1 Å². The summed E-state index contributed by atoms with van der Waals surface area (Å²) in [7, 11) is 3.40. The topological polar surface area (TPSA) is 71.3 Å². The molecule has 0 bridgehead atoms. The van der Waals surface area contributed by atoms with Crippen molar-refractivity contribution in [2.75, 3.05) is 24.3 Å². The van der Waals surface area contributed by atoms with E-state index in [2.05, 4.69) is 10.3 Å². The molecule has 0 radical (unpaired) electrons. The van der Waals surface area contributed by atoms with Crippen molar-refractivity contribution in [3.63, 3.8) is 0 Å². The van der Waals surface area contributed by atoms with Crippen LogP contribution in [0, 0.1) is 15.9 Å². The lowest BCUT2D eigenvalue weighted by atomic mass is 10.2. The molecule has 0 spiro atoms. The molecule has 0 amide bonds. The third-order valence-electron chi connectivity index (χ3n) is 3.00. The maximum atomic E-state index is 12.9. The lowest BCUT2D eigenvalue weighted by Gasteiger charge is -2.18. The van der Waals surface area contributed by atoms with Gasteiger partial charge in [-0.05, 0) is 23.8 Å². The van der Waals surface area contributed by atoms with E-state index in [1.807, 2.05) is 0 Å². The van der Waals surface area contributed by atoms with Crippen LogP contribution < -0.4 is 10.2 Å². The van der Waals surface area contributed by atoms with Gasteiger partial charge in [0.15, 0.2) is 0 Å². The maximum Gasteiger partial charge on any atom is 0.311 e. The highest BCUT2D eigenvalue weighted by molar-refractivity contribution is 5.61. The lowest BCUT2D eigenvalue weighted by molar-refractivity contribution is -0.384. The summed E-state index contributed by atoms with van der Waals surface area (Å²) >= 11 is 0. The molecule has 2 rings (SSSR count). The van der Waals surface area contributed by atoms with Crippen molar-refractivity contribution in [3.05, 3.63) is 57.9 Å². The third kappa shape index (κ3) is 3.44. The fourth-order valence-electron chi connectivity index (χ4n) is 1.94. The highest BCUT2D eigenvalue weighted by atomic mass is 19.1. The largest absolute Gasteiger partial charge is 0.373 e. The van der Waals surface area contributed by atoms with Gasteiger partial charge >= 0.3 is 5.69 Å². The molecular formula is C14H15FN4O2. The molecular weight excluding hydrogens is 275 g/mol. The first-order chi connectivity index (χ1) is 10.0. The Morgan fingerprint density at radius 3 is 2.52 bits per heavy atom. The number of aromatic nitrogens is 1. The lowest BCUT2D eigenvalue weighted by Crippen LogP contribution is -2.19. The van der Waals surface area contributed by atoms with Gasteiger partial charge in [-0.1, -0.05) is 12.1 Å². The number of benzene rings is 1. The van der Waals surface area contributed by atoms with Crippen LogP contribution in [0.25, 0.3) is 0 Å². The zero-order valence-corrected chi connectivity index (χ0v) is 11.7. The molecule has 0 aliphatic heterocycles. The SMILES string of the molecule is CNc1ccc([N+](=O)[O-])c(N(C)Cc2ccc(F)cc2)n1. The first-order valence-corrected chi connectivity index (χ1v) is 6.30. The van der Waals surface area contributed by atoms with E-state index in [-0.39, 0.29) is 17.3 Å². The summed E-state index contributed by atoms with van der Waals surface area (Å²) in [6, 6.07) is 8.95. The zero-order valence-electron chi connectivity index (χ0n) is 11.7. The van der Waals surface area contributed by atoms with Gasteiger partial charge in [0.2, 0.25) is 5.82 Å². The Morgan fingerprint density at radius 2 is 1.95 bits per heavy atom. The monoisotopic (exact) mass is 290 g/mol. The molecule has 7 heteroatoms. The molecule has 1 heterocycles. The minimum absolute atomic E-state index is 0.0707. The van der Waals surface area contributed by atoms with Crippen molar-refractivity contribution in [1.82, 2.24) is 4.98 Å². The number of halogens is 1. The van der Waals surface area contributed by atoms with Crippen LogP contribution in [0.5, 0.6) is 0 Å². The summed E-state index contributed by atoms with van der Waals surface area (Å²) in [6.07, 6.45) is 0. The second-order valence-corrected chi connectivity index (χ2v) is 4.53. The van der Waals surface area contributed by atoms with E-state index in [0.29, 0.717) is 12.4 Å². The van der Waals surface area contributed by atoms with E-state index >= 15 is 0 Å². The molecule has 1 N–H and O–H groups in total. The molecule has 6 nitrogen and oxygen atoms in total. The Labute approximate surface area is 121 Å². The van der Waals surface area contributed by atoms with E-state index in [1.165, 1.54) is 18.2 Å². The number of nitro groups is 1. The van der Waals surface area contributed by atoms with Crippen LogP contribution in [0.2, 0.25) is 0 Å². The zero-order chi connectivity index (χ0) is 15.4. The fourth-order valence-corrected chi connectivity index (χ4v) is 1.94. The molecule has 0 saturated heterocycles. The summed E-state index contributed by atoms with van der Waals surface area (Å²) in [6.45, 7) is 0.390. The molecule has 21 heavy (non-hydrogen) atoms. The van der Waals surface area contributed by atoms with Gasteiger partial charge < -0.3 is 10.2 Å². The summed E-state index contributed by atoms with van der Waals surface area (Å²) in [4.78, 5) is 16.5. The number of hydrogen-bond donors (Lipinski definition) is 1.